The van der Waals surface area contributed by atoms with Gasteiger partial charge < -0.3 is 24.8 Å². The number of hydrogen-bond acceptors (Lipinski definition) is 0. The van der Waals surface area contributed by atoms with Crippen molar-refractivity contribution in [3.63, 3.8) is 0 Å². The van der Waals surface area contributed by atoms with Gasteiger partial charge in [0.15, 0.2) is 0 Å². The molecular formula is C20H26Cl2SiTi-2. The molecular weight excluding hydrogens is 387 g/mol. The van der Waals surface area contributed by atoms with Gasteiger partial charge in [-0.2, -0.15) is 45.8 Å². The third-order valence-corrected chi connectivity index (χ3v) is 3.73. The Morgan fingerprint density at radius 2 is 1.54 bits per heavy atom. The van der Waals surface area contributed by atoms with Crippen LogP contribution in [0.5, 0.6) is 0 Å². The fourth-order valence-electron chi connectivity index (χ4n) is 2.20. The standard InChI is InChI=1S/C9H7.C9H13.C2H6Si.2ClH.Ti/c1-2-5-9-7-3-6-8(9)4-1;1-6-5-7(2)9(4)8(6)3;1-3-2;;;/h1-7H;5H,1-4H3;1-2H3;2*1H;/q2*-1;;;;+2/p-2. The Kier molecular flexibility index (Phi) is 14.0. The Morgan fingerprint density at radius 1 is 1.00 bits per heavy atom. The Morgan fingerprint density at radius 3 is 1.92 bits per heavy atom. The fourth-order valence-corrected chi connectivity index (χ4v) is 2.20. The molecule has 0 nitrogen and oxygen atoms in total. The van der Waals surface area contributed by atoms with E-state index in [1.54, 1.807) is 0 Å². The number of hydrogen-bond donors (Lipinski definition) is 0. The molecule has 0 aliphatic rings. The minimum absolute atomic E-state index is 0. The molecule has 0 spiro atoms. The molecule has 0 amide bonds. The minimum atomic E-state index is 0. The Bertz CT molecular complexity index is 685. The minimum Gasteiger partial charge on any atom is -1.00 e. The van der Waals surface area contributed by atoms with Crippen LogP contribution < -0.4 is 24.8 Å². The van der Waals surface area contributed by atoms with E-state index >= 15 is 0 Å². The second-order valence-electron chi connectivity index (χ2n) is 5.92. The van der Waals surface area contributed by atoms with Crippen molar-refractivity contribution >= 4 is 17.0 Å². The molecule has 0 saturated heterocycles. The number of aryl methyl sites for hydroxylation is 2. The van der Waals surface area contributed by atoms with Gasteiger partial charge in [-0.15, -0.1) is 29.7 Å². The summed E-state index contributed by atoms with van der Waals surface area (Å²) < 4.78 is 0. The largest absolute Gasteiger partial charge is 1.00 e. The molecule has 3 aromatic carbocycles. The molecule has 3 aromatic rings. The first-order valence-electron chi connectivity index (χ1n) is 7.65. The normalized spacial score (nSPS) is 8.83. The summed E-state index contributed by atoms with van der Waals surface area (Å²) in [5.41, 5.74) is 5.75. The molecule has 0 unspecified atom stereocenters. The SMILES string of the molecule is C[Si](C)=[Ti+2].Cc1c[c-](C)c(C)c1C.[Cl-].[Cl-].c1ccc2[cH-]ccc2c1. The molecule has 0 aromatic heterocycles. The summed E-state index contributed by atoms with van der Waals surface area (Å²) in [4.78, 5) is 0. The van der Waals surface area contributed by atoms with Gasteiger partial charge in [-0.1, -0.05) is 33.8 Å². The molecule has 0 radical (unpaired) electrons. The van der Waals surface area contributed by atoms with E-state index in [0.29, 0.717) is 0 Å². The zero-order chi connectivity index (χ0) is 16.7. The van der Waals surface area contributed by atoms with Crippen LogP contribution in [-0.2, 0) is 19.2 Å². The Balaban J connectivity index is 0. The van der Waals surface area contributed by atoms with Crippen LogP contribution in [0.4, 0.5) is 0 Å². The van der Waals surface area contributed by atoms with Gasteiger partial charge in [0.2, 0.25) is 0 Å². The molecule has 0 atom stereocenters. The Hall–Kier alpha value is -0.309. The van der Waals surface area contributed by atoms with Crippen molar-refractivity contribution in [3.05, 3.63) is 70.8 Å². The van der Waals surface area contributed by atoms with Crippen LogP contribution in [0.1, 0.15) is 22.3 Å². The zero-order valence-corrected chi connectivity index (χ0v) is 19.4. The summed E-state index contributed by atoms with van der Waals surface area (Å²) in [6, 6.07) is 16.9. The smallest absolute Gasteiger partial charge is 0.0630 e. The van der Waals surface area contributed by atoms with Crippen LogP contribution in [0.3, 0.4) is 0 Å². The van der Waals surface area contributed by atoms with Crippen molar-refractivity contribution in [1.82, 2.24) is 0 Å². The van der Waals surface area contributed by atoms with Gasteiger partial charge >= 0.3 is 38.5 Å². The number of benzene rings is 1. The summed E-state index contributed by atoms with van der Waals surface area (Å²) in [5.74, 6) is 0. The average molecular weight is 413 g/mol. The number of halogens is 2. The molecule has 0 fully saturated rings. The van der Waals surface area contributed by atoms with Crippen molar-refractivity contribution in [2.24, 2.45) is 0 Å². The Labute approximate surface area is 171 Å². The first-order chi connectivity index (χ1) is 10.3. The molecule has 130 valence electrons. The van der Waals surface area contributed by atoms with Gasteiger partial charge in [-0.25, -0.2) is 0 Å². The van der Waals surface area contributed by atoms with E-state index in [4.69, 9.17) is 0 Å². The van der Waals surface area contributed by atoms with E-state index in [0.717, 1.165) is 0 Å². The fraction of sp³-hybridized carbons (Fsp3) is 0.300. The second-order valence-corrected chi connectivity index (χ2v) is 12.6. The van der Waals surface area contributed by atoms with Crippen molar-refractivity contribution < 1.29 is 44.0 Å². The summed E-state index contributed by atoms with van der Waals surface area (Å²) in [7, 11) is 0. The van der Waals surface area contributed by atoms with Gasteiger partial charge in [0.1, 0.15) is 0 Å². The van der Waals surface area contributed by atoms with Crippen LogP contribution in [0, 0.1) is 27.7 Å². The van der Waals surface area contributed by atoms with Crippen molar-refractivity contribution in [3.8, 4) is 0 Å². The number of rotatable bonds is 0. The predicted molar refractivity (Wildman–Crippen MR) is 98.0 cm³/mol. The molecule has 0 aliphatic heterocycles. The first-order valence-corrected chi connectivity index (χ1v) is 12.5. The van der Waals surface area contributed by atoms with Crippen molar-refractivity contribution in [2.75, 3.05) is 0 Å². The zero-order valence-electron chi connectivity index (χ0n) is 15.4. The van der Waals surface area contributed by atoms with Gasteiger partial charge in [0, 0.05) is 0 Å². The molecule has 0 aliphatic carbocycles. The van der Waals surface area contributed by atoms with Crippen molar-refractivity contribution in [1.29, 1.82) is 0 Å². The van der Waals surface area contributed by atoms with E-state index in [1.165, 1.54) is 33.0 Å². The number of fused-ring (bicyclic) bond motifs is 1. The summed E-state index contributed by atoms with van der Waals surface area (Å²) in [6.45, 7) is 13.2. The maximum atomic E-state index is 2.27. The quantitative estimate of drug-likeness (QED) is 0.360. The predicted octanol–water partition coefficient (Wildman–Crippen LogP) is -0.00982. The van der Waals surface area contributed by atoms with E-state index in [9.17, 15) is 0 Å². The van der Waals surface area contributed by atoms with Gasteiger partial charge in [-0.05, 0) is 0 Å². The average Bonchev–Trinajstić information content (AvgIpc) is 3.01. The molecule has 0 N–H and O–H groups in total. The van der Waals surface area contributed by atoms with Crippen LogP contribution in [0.2, 0.25) is 13.1 Å². The second kappa shape index (κ2) is 13.0. The van der Waals surface area contributed by atoms with Gasteiger partial charge in [0.25, 0.3) is 0 Å². The molecule has 0 bridgehead atoms. The molecule has 3 rings (SSSR count). The van der Waals surface area contributed by atoms with E-state index in [1.807, 2.05) is 0 Å². The first kappa shape index (κ1) is 25.9. The summed E-state index contributed by atoms with van der Waals surface area (Å²) in [6.07, 6.45) is 0.120. The van der Waals surface area contributed by atoms with Crippen molar-refractivity contribution in [2.45, 2.75) is 40.8 Å². The summed E-state index contributed by atoms with van der Waals surface area (Å²) in [5, 5.41) is 2.66. The maximum Gasteiger partial charge on any atom is -0.0630 e. The maximum absolute atomic E-state index is 2.27. The van der Waals surface area contributed by atoms with Gasteiger partial charge in [0.05, 0.1) is 0 Å². The van der Waals surface area contributed by atoms with E-state index in [2.05, 4.69) is 108 Å². The molecule has 24 heavy (non-hydrogen) atoms. The summed E-state index contributed by atoms with van der Waals surface area (Å²) >= 11 is 2.27. The van der Waals surface area contributed by atoms with Crippen LogP contribution in [0.15, 0.2) is 48.5 Å². The third kappa shape index (κ3) is 8.69. The topological polar surface area (TPSA) is 0 Å². The van der Waals surface area contributed by atoms with E-state index < -0.39 is 0 Å². The van der Waals surface area contributed by atoms with Crippen LogP contribution in [0.25, 0.3) is 10.8 Å². The third-order valence-electron chi connectivity index (χ3n) is 3.73. The molecule has 0 saturated carbocycles. The molecule has 4 heteroatoms. The molecule has 0 heterocycles. The van der Waals surface area contributed by atoms with Gasteiger partial charge in [-0.3, -0.25) is 0 Å². The monoisotopic (exact) mass is 412 g/mol. The van der Waals surface area contributed by atoms with Crippen LogP contribution in [-0.4, -0.2) is 6.19 Å². The van der Waals surface area contributed by atoms with Crippen LogP contribution >= 0.6 is 0 Å². The van der Waals surface area contributed by atoms with E-state index in [-0.39, 0.29) is 31.0 Å².